The lowest BCUT2D eigenvalue weighted by Crippen LogP contribution is -2.28. The highest BCUT2D eigenvalue weighted by Gasteiger charge is 2.06. The van der Waals surface area contributed by atoms with E-state index >= 15 is 0 Å². The van der Waals surface area contributed by atoms with E-state index in [1.807, 2.05) is 31.2 Å². The second-order valence-corrected chi connectivity index (χ2v) is 4.54. The molecule has 0 heterocycles. The SMILES string of the molecule is Cc1ccccc1CNC(=O)Nc1ccc([N+](=O)[O-])cc1. The first-order chi connectivity index (χ1) is 10.1. The Bertz CT molecular complexity index is 653. The molecule has 6 nitrogen and oxygen atoms in total. The van der Waals surface area contributed by atoms with Gasteiger partial charge in [-0.2, -0.15) is 0 Å². The van der Waals surface area contributed by atoms with Crippen LogP contribution in [0, 0.1) is 17.0 Å². The zero-order valence-corrected chi connectivity index (χ0v) is 11.5. The van der Waals surface area contributed by atoms with Gasteiger partial charge >= 0.3 is 6.03 Å². The second-order valence-electron chi connectivity index (χ2n) is 4.54. The number of hydrogen-bond acceptors (Lipinski definition) is 3. The molecule has 0 bridgehead atoms. The fourth-order valence-corrected chi connectivity index (χ4v) is 1.83. The lowest BCUT2D eigenvalue weighted by Gasteiger charge is -2.09. The fourth-order valence-electron chi connectivity index (χ4n) is 1.83. The van der Waals surface area contributed by atoms with Crippen LogP contribution in [-0.4, -0.2) is 11.0 Å². The smallest absolute Gasteiger partial charge is 0.319 e. The third-order valence-corrected chi connectivity index (χ3v) is 3.04. The number of non-ortho nitro benzene ring substituents is 1. The topological polar surface area (TPSA) is 84.3 Å². The van der Waals surface area contributed by atoms with Gasteiger partial charge in [-0.25, -0.2) is 4.79 Å². The second kappa shape index (κ2) is 6.51. The standard InChI is InChI=1S/C15H15N3O3/c1-11-4-2-3-5-12(11)10-16-15(19)17-13-6-8-14(9-7-13)18(20)21/h2-9H,10H2,1H3,(H2,16,17,19). The molecule has 0 atom stereocenters. The molecule has 0 saturated carbocycles. The van der Waals surface area contributed by atoms with Crippen molar-refractivity contribution in [2.24, 2.45) is 0 Å². The summed E-state index contributed by atoms with van der Waals surface area (Å²) in [5, 5.41) is 15.9. The molecular formula is C15H15N3O3. The first-order valence-electron chi connectivity index (χ1n) is 6.40. The number of nitro benzene ring substituents is 1. The average molecular weight is 285 g/mol. The first-order valence-corrected chi connectivity index (χ1v) is 6.40. The molecule has 108 valence electrons. The number of hydrogen-bond donors (Lipinski definition) is 2. The van der Waals surface area contributed by atoms with E-state index in [9.17, 15) is 14.9 Å². The number of carbonyl (C=O) groups is 1. The van der Waals surface area contributed by atoms with Crippen LogP contribution in [0.1, 0.15) is 11.1 Å². The average Bonchev–Trinajstić information content (AvgIpc) is 2.47. The normalized spacial score (nSPS) is 9.95. The van der Waals surface area contributed by atoms with Crippen LogP contribution in [0.3, 0.4) is 0 Å². The molecule has 0 aliphatic carbocycles. The summed E-state index contributed by atoms with van der Waals surface area (Å²) in [6, 6.07) is 13.1. The van der Waals surface area contributed by atoms with E-state index < -0.39 is 4.92 Å². The van der Waals surface area contributed by atoms with Gasteiger partial charge in [0.15, 0.2) is 0 Å². The minimum Gasteiger partial charge on any atom is -0.334 e. The quantitative estimate of drug-likeness (QED) is 0.668. The maximum Gasteiger partial charge on any atom is 0.319 e. The van der Waals surface area contributed by atoms with Crippen LogP contribution in [-0.2, 0) is 6.54 Å². The molecule has 2 aromatic carbocycles. The number of anilines is 1. The minimum absolute atomic E-state index is 0.0131. The van der Waals surface area contributed by atoms with Gasteiger partial charge in [0.05, 0.1) is 4.92 Å². The van der Waals surface area contributed by atoms with Gasteiger partial charge < -0.3 is 10.6 Å². The summed E-state index contributed by atoms with van der Waals surface area (Å²) < 4.78 is 0. The van der Waals surface area contributed by atoms with Gasteiger partial charge in [0.25, 0.3) is 5.69 Å². The highest BCUT2D eigenvalue weighted by molar-refractivity contribution is 5.89. The molecule has 2 amide bonds. The molecule has 2 rings (SSSR count). The van der Waals surface area contributed by atoms with E-state index in [4.69, 9.17) is 0 Å². The Hall–Kier alpha value is -2.89. The van der Waals surface area contributed by atoms with Crippen LogP contribution in [0.25, 0.3) is 0 Å². The number of nitrogens with one attached hydrogen (secondary N) is 2. The largest absolute Gasteiger partial charge is 0.334 e. The number of nitro groups is 1. The van der Waals surface area contributed by atoms with E-state index in [1.165, 1.54) is 24.3 Å². The Morgan fingerprint density at radius 3 is 2.43 bits per heavy atom. The first kappa shape index (κ1) is 14.5. The third-order valence-electron chi connectivity index (χ3n) is 3.04. The number of amides is 2. The summed E-state index contributed by atoms with van der Waals surface area (Å²) in [5.41, 5.74) is 2.63. The van der Waals surface area contributed by atoms with Crippen molar-refractivity contribution in [2.45, 2.75) is 13.5 Å². The van der Waals surface area contributed by atoms with Gasteiger partial charge in [-0.3, -0.25) is 10.1 Å². The molecule has 6 heteroatoms. The van der Waals surface area contributed by atoms with E-state index in [0.717, 1.165) is 11.1 Å². The van der Waals surface area contributed by atoms with Crippen LogP contribution >= 0.6 is 0 Å². The molecular weight excluding hydrogens is 270 g/mol. The van der Waals surface area contributed by atoms with E-state index in [0.29, 0.717) is 12.2 Å². The van der Waals surface area contributed by atoms with Crippen LogP contribution in [0.4, 0.5) is 16.2 Å². The fraction of sp³-hybridized carbons (Fsp3) is 0.133. The van der Waals surface area contributed by atoms with Crippen LogP contribution in [0.2, 0.25) is 0 Å². The molecule has 0 aliphatic heterocycles. The summed E-state index contributed by atoms with van der Waals surface area (Å²) in [4.78, 5) is 21.8. The van der Waals surface area contributed by atoms with Crippen molar-refractivity contribution >= 4 is 17.4 Å². The molecule has 0 saturated heterocycles. The molecule has 0 unspecified atom stereocenters. The zero-order chi connectivity index (χ0) is 15.2. The predicted octanol–water partition coefficient (Wildman–Crippen LogP) is 3.22. The highest BCUT2D eigenvalue weighted by Crippen LogP contribution is 2.15. The van der Waals surface area contributed by atoms with E-state index in [1.54, 1.807) is 0 Å². The van der Waals surface area contributed by atoms with Crippen molar-refractivity contribution in [3.63, 3.8) is 0 Å². The Kier molecular flexibility index (Phi) is 4.50. The van der Waals surface area contributed by atoms with E-state index in [-0.39, 0.29) is 11.7 Å². The Labute approximate surface area is 121 Å². The molecule has 21 heavy (non-hydrogen) atoms. The minimum atomic E-state index is -0.484. The van der Waals surface area contributed by atoms with Crippen molar-refractivity contribution in [3.05, 3.63) is 69.8 Å². The summed E-state index contributed by atoms with van der Waals surface area (Å²) >= 11 is 0. The number of carbonyl (C=O) groups excluding carboxylic acids is 1. The summed E-state index contributed by atoms with van der Waals surface area (Å²) in [6.45, 7) is 2.40. The van der Waals surface area contributed by atoms with Crippen LogP contribution < -0.4 is 10.6 Å². The molecule has 0 aliphatic rings. The summed E-state index contributed by atoms with van der Waals surface area (Å²) in [7, 11) is 0. The third kappa shape index (κ3) is 4.04. The van der Waals surface area contributed by atoms with Crippen molar-refractivity contribution in [1.82, 2.24) is 5.32 Å². The zero-order valence-electron chi connectivity index (χ0n) is 11.5. The summed E-state index contributed by atoms with van der Waals surface area (Å²) in [5.74, 6) is 0. The van der Waals surface area contributed by atoms with Crippen LogP contribution in [0.15, 0.2) is 48.5 Å². The van der Waals surface area contributed by atoms with Gasteiger partial charge in [0.2, 0.25) is 0 Å². The highest BCUT2D eigenvalue weighted by atomic mass is 16.6. The Morgan fingerprint density at radius 1 is 1.14 bits per heavy atom. The van der Waals surface area contributed by atoms with Gasteiger partial charge in [-0.1, -0.05) is 24.3 Å². The number of nitrogens with zero attached hydrogens (tertiary/aromatic N) is 1. The van der Waals surface area contributed by atoms with Gasteiger partial charge in [0, 0.05) is 24.4 Å². The molecule has 0 spiro atoms. The maximum atomic E-state index is 11.8. The number of benzene rings is 2. The monoisotopic (exact) mass is 285 g/mol. The van der Waals surface area contributed by atoms with Crippen molar-refractivity contribution in [3.8, 4) is 0 Å². The van der Waals surface area contributed by atoms with Crippen LogP contribution in [0.5, 0.6) is 0 Å². The van der Waals surface area contributed by atoms with Gasteiger partial charge in [-0.05, 0) is 30.2 Å². The van der Waals surface area contributed by atoms with E-state index in [2.05, 4.69) is 10.6 Å². The lowest BCUT2D eigenvalue weighted by molar-refractivity contribution is -0.384. The Morgan fingerprint density at radius 2 is 1.81 bits per heavy atom. The van der Waals surface area contributed by atoms with Crippen molar-refractivity contribution in [2.75, 3.05) is 5.32 Å². The van der Waals surface area contributed by atoms with Crippen molar-refractivity contribution < 1.29 is 9.72 Å². The predicted molar refractivity (Wildman–Crippen MR) is 80.1 cm³/mol. The lowest BCUT2D eigenvalue weighted by atomic mass is 10.1. The number of aryl methyl sites for hydroxylation is 1. The number of urea groups is 1. The molecule has 0 fully saturated rings. The molecule has 0 radical (unpaired) electrons. The summed E-state index contributed by atoms with van der Waals surface area (Å²) in [6.07, 6.45) is 0. The maximum absolute atomic E-state index is 11.8. The van der Waals surface area contributed by atoms with Gasteiger partial charge in [-0.15, -0.1) is 0 Å². The van der Waals surface area contributed by atoms with Crippen molar-refractivity contribution in [1.29, 1.82) is 0 Å². The molecule has 2 aromatic rings. The molecule has 2 N–H and O–H groups in total. The van der Waals surface area contributed by atoms with Gasteiger partial charge in [0.1, 0.15) is 0 Å². The molecule has 0 aromatic heterocycles. The number of rotatable bonds is 4. The Balaban J connectivity index is 1.90.